The first-order chi connectivity index (χ1) is 9.81. The lowest BCUT2D eigenvalue weighted by atomic mass is 10.1. The van der Waals surface area contributed by atoms with Gasteiger partial charge in [0.2, 0.25) is 5.89 Å². The summed E-state index contributed by atoms with van der Waals surface area (Å²) < 4.78 is 11.4. The second-order valence-corrected chi connectivity index (χ2v) is 4.95. The normalized spacial score (nSPS) is 19.2. The molecule has 1 aliphatic rings. The molecule has 0 amide bonds. The van der Waals surface area contributed by atoms with Crippen molar-refractivity contribution in [2.24, 2.45) is 0 Å². The molecule has 0 bridgehead atoms. The molecule has 0 aliphatic carbocycles. The van der Waals surface area contributed by atoms with Crippen molar-refractivity contribution < 1.29 is 9.15 Å². The average Bonchev–Trinajstić information content (AvgIpc) is 2.93. The molecule has 0 spiro atoms. The van der Waals surface area contributed by atoms with Crippen LogP contribution in [0.5, 0.6) is 0 Å². The van der Waals surface area contributed by atoms with Crippen molar-refractivity contribution in [3.05, 3.63) is 36.0 Å². The quantitative estimate of drug-likeness (QED) is 0.849. The zero-order valence-electron chi connectivity index (χ0n) is 11.5. The van der Waals surface area contributed by atoms with Crippen molar-refractivity contribution in [3.63, 3.8) is 0 Å². The number of aromatic nitrogens is 3. The van der Waals surface area contributed by atoms with E-state index >= 15 is 0 Å². The molecular weight excluding hydrogens is 256 g/mol. The van der Waals surface area contributed by atoms with Gasteiger partial charge in [0.15, 0.2) is 0 Å². The Kier molecular flexibility index (Phi) is 3.92. The van der Waals surface area contributed by atoms with Crippen LogP contribution >= 0.6 is 0 Å². The molecule has 1 atom stereocenters. The molecule has 3 rings (SSSR count). The monoisotopic (exact) mass is 274 g/mol. The third-order valence-corrected chi connectivity index (χ3v) is 3.36. The van der Waals surface area contributed by atoms with E-state index in [1.807, 2.05) is 18.2 Å². The van der Waals surface area contributed by atoms with Gasteiger partial charge in [-0.25, -0.2) is 0 Å². The highest BCUT2D eigenvalue weighted by Gasteiger charge is 2.24. The highest BCUT2D eigenvalue weighted by molar-refractivity contribution is 5.25. The third kappa shape index (κ3) is 3.14. The number of anilines is 1. The van der Waals surface area contributed by atoms with Crippen molar-refractivity contribution in [2.75, 3.05) is 18.0 Å². The Labute approximate surface area is 117 Å². The van der Waals surface area contributed by atoms with Gasteiger partial charge in [0.05, 0.1) is 18.4 Å². The Hall–Kier alpha value is -1.95. The minimum absolute atomic E-state index is 0.179. The summed E-state index contributed by atoms with van der Waals surface area (Å²) in [4.78, 5) is 6.35. The number of nitrogens with zero attached hydrogens (tertiary/aromatic N) is 4. The Bertz CT molecular complexity index is 543. The Morgan fingerprint density at radius 3 is 3.10 bits per heavy atom. The molecule has 0 radical (unpaired) electrons. The fourth-order valence-electron chi connectivity index (χ4n) is 2.35. The van der Waals surface area contributed by atoms with Crippen LogP contribution in [0.3, 0.4) is 0 Å². The van der Waals surface area contributed by atoms with E-state index in [2.05, 4.69) is 20.1 Å². The van der Waals surface area contributed by atoms with Gasteiger partial charge in [-0.1, -0.05) is 11.2 Å². The van der Waals surface area contributed by atoms with Crippen molar-refractivity contribution in [1.82, 2.24) is 15.2 Å². The zero-order chi connectivity index (χ0) is 13.8. The lowest BCUT2D eigenvalue weighted by Crippen LogP contribution is -2.39. The third-order valence-electron chi connectivity index (χ3n) is 3.36. The lowest BCUT2D eigenvalue weighted by molar-refractivity contribution is 0.0289. The first kappa shape index (κ1) is 13.1. The zero-order valence-corrected chi connectivity index (χ0v) is 11.5. The molecule has 6 nitrogen and oxygen atoms in total. The average molecular weight is 274 g/mol. The van der Waals surface area contributed by atoms with Gasteiger partial charge in [0.25, 0.3) is 0 Å². The first-order valence-corrected chi connectivity index (χ1v) is 6.88. The Morgan fingerprint density at radius 1 is 1.40 bits per heavy atom. The van der Waals surface area contributed by atoms with E-state index in [4.69, 9.17) is 9.15 Å². The number of hydrogen-bond donors (Lipinski definition) is 0. The van der Waals surface area contributed by atoms with Crippen LogP contribution in [-0.2, 0) is 11.3 Å². The number of ether oxygens (including phenoxy) is 1. The summed E-state index contributed by atoms with van der Waals surface area (Å²) >= 11 is 0. The number of hydrogen-bond acceptors (Lipinski definition) is 6. The smallest absolute Gasteiger partial charge is 0.318 e. The van der Waals surface area contributed by atoms with Crippen LogP contribution in [0.1, 0.15) is 24.4 Å². The van der Waals surface area contributed by atoms with Gasteiger partial charge in [0.1, 0.15) is 0 Å². The summed E-state index contributed by atoms with van der Waals surface area (Å²) in [7, 11) is 0. The molecular formula is C14H18N4O2. The summed E-state index contributed by atoms with van der Waals surface area (Å²) in [6.45, 7) is 4.07. The van der Waals surface area contributed by atoms with Gasteiger partial charge >= 0.3 is 6.01 Å². The number of aryl methyl sites for hydroxylation is 1. The molecule has 0 N–H and O–H groups in total. The van der Waals surface area contributed by atoms with Crippen LogP contribution in [0.4, 0.5) is 6.01 Å². The molecule has 106 valence electrons. The summed E-state index contributed by atoms with van der Waals surface area (Å²) in [5.74, 6) is 0.594. The predicted molar refractivity (Wildman–Crippen MR) is 73.3 cm³/mol. The number of pyridine rings is 1. The van der Waals surface area contributed by atoms with Crippen LogP contribution in [0.25, 0.3) is 0 Å². The van der Waals surface area contributed by atoms with Crippen molar-refractivity contribution in [2.45, 2.75) is 32.5 Å². The molecule has 0 unspecified atom stereocenters. The molecule has 3 heterocycles. The van der Waals surface area contributed by atoms with E-state index in [0.29, 0.717) is 18.5 Å². The van der Waals surface area contributed by atoms with E-state index < -0.39 is 0 Å². The highest BCUT2D eigenvalue weighted by atomic mass is 16.5. The van der Waals surface area contributed by atoms with Gasteiger partial charge in [0, 0.05) is 26.2 Å². The molecule has 0 aromatic carbocycles. The maximum absolute atomic E-state index is 5.93. The highest BCUT2D eigenvalue weighted by Crippen LogP contribution is 2.20. The molecule has 0 saturated carbocycles. The van der Waals surface area contributed by atoms with E-state index in [0.717, 1.165) is 31.6 Å². The topological polar surface area (TPSA) is 64.3 Å². The van der Waals surface area contributed by atoms with Crippen molar-refractivity contribution in [1.29, 1.82) is 0 Å². The van der Waals surface area contributed by atoms with Crippen LogP contribution in [0.15, 0.2) is 28.8 Å². The lowest BCUT2D eigenvalue weighted by Gasteiger charge is -2.31. The second-order valence-electron chi connectivity index (χ2n) is 4.95. The first-order valence-electron chi connectivity index (χ1n) is 6.88. The molecule has 1 fully saturated rings. The maximum Gasteiger partial charge on any atom is 0.318 e. The van der Waals surface area contributed by atoms with E-state index in [-0.39, 0.29) is 6.10 Å². The molecule has 6 heteroatoms. The minimum atomic E-state index is 0.179. The molecule has 1 aliphatic heterocycles. The largest absolute Gasteiger partial charge is 0.408 e. The number of piperidine rings is 1. The van der Waals surface area contributed by atoms with Crippen LogP contribution in [0, 0.1) is 6.92 Å². The predicted octanol–water partition coefficient (Wildman–Crippen LogP) is 1.96. The fraction of sp³-hybridized carbons (Fsp3) is 0.500. The van der Waals surface area contributed by atoms with Crippen LogP contribution in [0.2, 0.25) is 0 Å². The molecule has 2 aromatic heterocycles. The summed E-state index contributed by atoms with van der Waals surface area (Å²) in [6.07, 6.45) is 4.08. The van der Waals surface area contributed by atoms with Gasteiger partial charge in [-0.2, -0.15) is 0 Å². The van der Waals surface area contributed by atoms with E-state index in [9.17, 15) is 0 Å². The Morgan fingerprint density at radius 2 is 2.35 bits per heavy atom. The van der Waals surface area contributed by atoms with Crippen molar-refractivity contribution in [3.8, 4) is 0 Å². The van der Waals surface area contributed by atoms with Gasteiger partial charge < -0.3 is 14.1 Å². The summed E-state index contributed by atoms with van der Waals surface area (Å²) in [5, 5.41) is 7.93. The van der Waals surface area contributed by atoms with Gasteiger partial charge in [-0.3, -0.25) is 4.98 Å². The molecule has 1 saturated heterocycles. The standard InChI is InChI=1S/C14H18N4O2/c1-11-16-17-14(20-11)18-8-4-6-13(9-18)19-10-12-5-2-3-7-15-12/h2-3,5,7,13H,4,6,8-10H2,1H3/t13-/m0/s1. The second kappa shape index (κ2) is 6.00. The molecule has 2 aromatic rings. The fourth-order valence-corrected chi connectivity index (χ4v) is 2.35. The van der Waals surface area contributed by atoms with E-state index in [1.165, 1.54) is 0 Å². The van der Waals surface area contributed by atoms with Crippen LogP contribution < -0.4 is 4.90 Å². The van der Waals surface area contributed by atoms with Gasteiger partial charge in [-0.05, 0) is 25.0 Å². The Balaban J connectivity index is 1.55. The number of rotatable bonds is 4. The maximum atomic E-state index is 5.93. The minimum Gasteiger partial charge on any atom is -0.408 e. The van der Waals surface area contributed by atoms with Gasteiger partial charge in [-0.15, -0.1) is 5.10 Å². The van der Waals surface area contributed by atoms with Crippen molar-refractivity contribution >= 4 is 6.01 Å². The SMILES string of the molecule is Cc1nnc(N2CCC[C@H](OCc3ccccn3)C2)o1. The van der Waals surface area contributed by atoms with Crippen LogP contribution in [-0.4, -0.2) is 34.4 Å². The van der Waals surface area contributed by atoms with E-state index in [1.54, 1.807) is 13.1 Å². The molecule has 20 heavy (non-hydrogen) atoms. The summed E-state index contributed by atoms with van der Waals surface area (Å²) in [6, 6.07) is 6.44. The summed E-state index contributed by atoms with van der Waals surface area (Å²) in [5.41, 5.74) is 0.957.